The van der Waals surface area contributed by atoms with E-state index in [1.54, 1.807) is 12.0 Å². The second-order valence-electron chi connectivity index (χ2n) is 7.08. The molecule has 2 heterocycles. The summed E-state index contributed by atoms with van der Waals surface area (Å²) in [4.78, 5) is 22.1. The van der Waals surface area contributed by atoms with Gasteiger partial charge in [0, 0.05) is 12.6 Å². The summed E-state index contributed by atoms with van der Waals surface area (Å²) in [5, 5.41) is 0. The molecule has 1 aromatic heterocycles. The Balaban J connectivity index is 1.91. The van der Waals surface area contributed by atoms with Crippen molar-refractivity contribution >= 4 is 17.1 Å². The van der Waals surface area contributed by atoms with Gasteiger partial charge in [0.15, 0.2) is 0 Å². The van der Waals surface area contributed by atoms with Crippen molar-refractivity contribution in [3.63, 3.8) is 0 Å². The van der Waals surface area contributed by atoms with Crippen molar-refractivity contribution in [1.82, 2.24) is 14.9 Å². The van der Waals surface area contributed by atoms with Gasteiger partial charge in [-0.1, -0.05) is 12.2 Å². The molecule has 128 valence electrons. The van der Waals surface area contributed by atoms with Crippen molar-refractivity contribution in [2.45, 2.75) is 38.8 Å². The zero-order valence-corrected chi connectivity index (χ0v) is 14.5. The van der Waals surface area contributed by atoms with Crippen LogP contribution in [-0.4, -0.2) is 40.2 Å². The highest BCUT2D eigenvalue weighted by Crippen LogP contribution is 2.35. The Morgan fingerprint density at radius 3 is 2.83 bits per heavy atom. The highest BCUT2D eigenvalue weighted by molar-refractivity contribution is 5.77. The number of ether oxygens (including phenoxy) is 2. The van der Waals surface area contributed by atoms with Gasteiger partial charge in [-0.3, -0.25) is 4.90 Å². The Morgan fingerprint density at radius 1 is 1.42 bits per heavy atom. The molecule has 1 aliphatic heterocycles. The SMILES string of the molecule is C=C1CC(c2nc3ccc(OC)cc3[nH]2)N(C(=O)OC(C)(C)C)C1. The van der Waals surface area contributed by atoms with Crippen molar-refractivity contribution in [3.05, 3.63) is 36.2 Å². The predicted molar refractivity (Wildman–Crippen MR) is 92.1 cm³/mol. The van der Waals surface area contributed by atoms with E-state index < -0.39 is 5.60 Å². The van der Waals surface area contributed by atoms with Crippen LogP contribution in [0.15, 0.2) is 30.4 Å². The first-order valence-electron chi connectivity index (χ1n) is 7.97. The molecule has 1 fully saturated rings. The van der Waals surface area contributed by atoms with E-state index >= 15 is 0 Å². The van der Waals surface area contributed by atoms with Crippen LogP contribution in [0.25, 0.3) is 11.0 Å². The van der Waals surface area contributed by atoms with Gasteiger partial charge in [0.05, 0.1) is 24.2 Å². The average molecular weight is 329 g/mol. The van der Waals surface area contributed by atoms with Crippen molar-refractivity contribution in [2.75, 3.05) is 13.7 Å². The Bertz CT molecular complexity index is 788. The molecule has 24 heavy (non-hydrogen) atoms. The van der Waals surface area contributed by atoms with Crippen LogP contribution in [0.1, 0.15) is 39.1 Å². The number of methoxy groups -OCH3 is 1. The highest BCUT2D eigenvalue weighted by atomic mass is 16.6. The van der Waals surface area contributed by atoms with Gasteiger partial charge in [-0.25, -0.2) is 9.78 Å². The fourth-order valence-corrected chi connectivity index (χ4v) is 2.85. The van der Waals surface area contributed by atoms with Crippen molar-refractivity contribution < 1.29 is 14.3 Å². The van der Waals surface area contributed by atoms with Crippen LogP contribution in [0.4, 0.5) is 4.79 Å². The third-order valence-corrected chi connectivity index (χ3v) is 3.90. The van der Waals surface area contributed by atoms with Crippen LogP contribution in [0.2, 0.25) is 0 Å². The van der Waals surface area contributed by atoms with Gasteiger partial charge in [-0.05, 0) is 39.3 Å². The number of aromatic amines is 1. The maximum atomic E-state index is 12.5. The minimum Gasteiger partial charge on any atom is -0.497 e. The summed E-state index contributed by atoms with van der Waals surface area (Å²) < 4.78 is 10.8. The van der Waals surface area contributed by atoms with E-state index in [-0.39, 0.29) is 12.1 Å². The lowest BCUT2D eigenvalue weighted by molar-refractivity contribution is 0.0222. The lowest BCUT2D eigenvalue weighted by atomic mass is 10.1. The molecule has 3 rings (SSSR count). The maximum Gasteiger partial charge on any atom is 0.411 e. The number of nitrogens with one attached hydrogen (secondary N) is 1. The standard InChI is InChI=1S/C18H23N3O3/c1-11-8-15(21(10-11)17(22)24-18(2,3)4)16-19-13-7-6-12(23-5)9-14(13)20-16/h6-7,9,15H,1,8,10H2,2-5H3,(H,19,20). The monoisotopic (exact) mass is 329 g/mol. The number of fused-ring (bicyclic) bond motifs is 1. The molecule has 0 spiro atoms. The number of amides is 1. The van der Waals surface area contributed by atoms with E-state index in [1.807, 2.05) is 39.0 Å². The minimum atomic E-state index is -0.535. The molecule has 0 bridgehead atoms. The smallest absolute Gasteiger partial charge is 0.411 e. The lowest BCUT2D eigenvalue weighted by Gasteiger charge is -2.27. The number of aromatic nitrogens is 2. The molecule has 1 atom stereocenters. The number of likely N-dealkylation sites (tertiary alicyclic amines) is 1. The summed E-state index contributed by atoms with van der Waals surface area (Å²) in [6.45, 7) is 10.1. The van der Waals surface area contributed by atoms with Gasteiger partial charge in [-0.2, -0.15) is 0 Å². The Morgan fingerprint density at radius 2 is 2.17 bits per heavy atom. The molecule has 1 aromatic carbocycles. The van der Waals surface area contributed by atoms with Gasteiger partial charge >= 0.3 is 6.09 Å². The molecule has 1 N–H and O–H groups in total. The predicted octanol–water partition coefficient (Wildman–Crippen LogP) is 3.81. The van der Waals surface area contributed by atoms with Crippen LogP contribution < -0.4 is 4.74 Å². The molecule has 0 aliphatic carbocycles. The molecule has 6 nitrogen and oxygen atoms in total. The van der Waals surface area contributed by atoms with E-state index in [9.17, 15) is 4.79 Å². The highest BCUT2D eigenvalue weighted by Gasteiger charge is 2.36. The maximum absolute atomic E-state index is 12.5. The Kier molecular flexibility index (Phi) is 3.99. The van der Waals surface area contributed by atoms with Crippen molar-refractivity contribution in [2.24, 2.45) is 0 Å². The normalized spacial score (nSPS) is 18.2. The largest absolute Gasteiger partial charge is 0.497 e. The molecule has 1 unspecified atom stereocenters. The Hall–Kier alpha value is -2.50. The quantitative estimate of drug-likeness (QED) is 0.851. The zero-order valence-electron chi connectivity index (χ0n) is 14.5. The third-order valence-electron chi connectivity index (χ3n) is 3.90. The molecule has 0 saturated carbocycles. The topological polar surface area (TPSA) is 67.5 Å². The lowest BCUT2D eigenvalue weighted by Crippen LogP contribution is -2.36. The molecule has 1 aliphatic rings. The number of nitrogens with zero attached hydrogens (tertiary/aromatic N) is 2. The number of carbonyl (C=O) groups is 1. The zero-order chi connectivity index (χ0) is 17.5. The number of imidazole rings is 1. The van der Waals surface area contributed by atoms with Crippen molar-refractivity contribution in [3.8, 4) is 5.75 Å². The average Bonchev–Trinajstić information content (AvgIpc) is 3.07. The summed E-state index contributed by atoms with van der Waals surface area (Å²) in [6, 6.07) is 5.47. The summed E-state index contributed by atoms with van der Waals surface area (Å²) >= 11 is 0. The van der Waals surface area contributed by atoms with E-state index in [0.29, 0.717) is 13.0 Å². The summed E-state index contributed by atoms with van der Waals surface area (Å²) in [5.74, 6) is 1.50. The van der Waals surface area contributed by atoms with Gasteiger partial charge in [0.2, 0.25) is 0 Å². The van der Waals surface area contributed by atoms with Crippen LogP contribution in [0.3, 0.4) is 0 Å². The summed E-state index contributed by atoms with van der Waals surface area (Å²) in [6.07, 6.45) is 0.333. The second-order valence-corrected chi connectivity index (χ2v) is 7.08. The van der Waals surface area contributed by atoms with E-state index in [4.69, 9.17) is 9.47 Å². The van der Waals surface area contributed by atoms with Gasteiger partial charge in [-0.15, -0.1) is 0 Å². The molecule has 0 radical (unpaired) electrons. The van der Waals surface area contributed by atoms with E-state index in [1.165, 1.54) is 0 Å². The molecule has 1 saturated heterocycles. The second kappa shape index (κ2) is 5.85. The fraction of sp³-hybridized carbons (Fsp3) is 0.444. The fourth-order valence-electron chi connectivity index (χ4n) is 2.85. The molecule has 2 aromatic rings. The number of hydrogen-bond acceptors (Lipinski definition) is 4. The first-order chi connectivity index (χ1) is 11.3. The van der Waals surface area contributed by atoms with Gasteiger partial charge in [0.1, 0.15) is 17.2 Å². The molecular formula is C18H23N3O3. The summed E-state index contributed by atoms with van der Waals surface area (Å²) in [5.41, 5.74) is 2.18. The number of benzene rings is 1. The molecule has 6 heteroatoms. The molecule has 1 amide bonds. The van der Waals surface area contributed by atoms with Gasteiger partial charge in [0.25, 0.3) is 0 Å². The minimum absolute atomic E-state index is 0.189. The van der Waals surface area contributed by atoms with Crippen LogP contribution in [-0.2, 0) is 4.74 Å². The third kappa shape index (κ3) is 3.22. The summed E-state index contributed by atoms with van der Waals surface area (Å²) in [7, 11) is 1.63. The van der Waals surface area contributed by atoms with Gasteiger partial charge < -0.3 is 14.5 Å². The first kappa shape index (κ1) is 16.4. The number of H-pyrrole nitrogens is 1. The van der Waals surface area contributed by atoms with E-state index in [0.717, 1.165) is 28.2 Å². The van der Waals surface area contributed by atoms with E-state index in [2.05, 4.69) is 16.5 Å². The van der Waals surface area contributed by atoms with Crippen LogP contribution >= 0.6 is 0 Å². The Labute approximate surface area is 141 Å². The first-order valence-corrected chi connectivity index (χ1v) is 7.97. The van der Waals surface area contributed by atoms with Crippen molar-refractivity contribution in [1.29, 1.82) is 0 Å². The molecular weight excluding hydrogens is 306 g/mol. The number of carbonyl (C=O) groups excluding carboxylic acids is 1. The van der Waals surface area contributed by atoms with Crippen LogP contribution in [0.5, 0.6) is 5.75 Å². The van der Waals surface area contributed by atoms with Crippen LogP contribution in [0, 0.1) is 0 Å². The number of rotatable bonds is 2. The number of hydrogen-bond donors (Lipinski definition) is 1.